The van der Waals surface area contributed by atoms with Crippen LogP contribution in [0.25, 0.3) is 10.9 Å². The van der Waals surface area contributed by atoms with E-state index in [0.717, 1.165) is 72.1 Å². The molecule has 0 N–H and O–H groups in total. The molecule has 2 heterocycles. The number of para-hydroxylation sites is 1. The van der Waals surface area contributed by atoms with Gasteiger partial charge < -0.3 is 19.1 Å². The summed E-state index contributed by atoms with van der Waals surface area (Å²) in [5.74, 6) is 3.23. The van der Waals surface area contributed by atoms with Crippen LogP contribution in [-0.2, 0) is 17.8 Å². The molecule has 0 bridgehead atoms. The lowest BCUT2D eigenvalue weighted by Gasteiger charge is -2.31. The Morgan fingerprint density at radius 1 is 1.03 bits per heavy atom. The maximum absolute atomic E-state index is 5.58. The van der Waals surface area contributed by atoms with Gasteiger partial charge in [-0.15, -0.1) is 0 Å². The van der Waals surface area contributed by atoms with Crippen molar-refractivity contribution in [3.63, 3.8) is 0 Å². The second kappa shape index (κ2) is 10.1. The molecule has 1 atom stereocenters. The highest BCUT2D eigenvalue weighted by molar-refractivity contribution is 5.89. The number of likely N-dealkylation sites (tertiary alicyclic amines) is 1. The van der Waals surface area contributed by atoms with E-state index in [2.05, 4.69) is 35.0 Å². The third-order valence-corrected chi connectivity index (χ3v) is 6.02. The van der Waals surface area contributed by atoms with Crippen molar-refractivity contribution < 1.29 is 14.2 Å². The number of ether oxygens (including phenoxy) is 3. The molecule has 1 saturated heterocycles. The predicted octanol–water partition coefficient (Wildman–Crippen LogP) is 3.89. The quantitative estimate of drug-likeness (QED) is 0.531. The number of piperidine rings is 1. The van der Waals surface area contributed by atoms with Crippen LogP contribution in [0.1, 0.15) is 24.2 Å². The van der Waals surface area contributed by atoms with Gasteiger partial charge in [-0.2, -0.15) is 0 Å². The summed E-state index contributed by atoms with van der Waals surface area (Å²) in [7, 11) is 7.17. The predicted molar refractivity (Wildman–Crippen MR) is 126 cm³/mol. The topological polar surface area (TPSA) is 60.0 Å². The molecule has 7 nitrogen and oxygen atoms in total. The van der Waals surface area contributed by atoms with Crippen molar-refractivity contribution in [2.75, 3.05) is 46.4 Å². The summed E-state index contributed by atoms with van der Waals surface area (Å²) >= 11 is 0. The summed E-state index contributed by atoms with van der Waals surface area (Å²) in [5, 5.41) is 1.05. The molecule has 2 aromatic carbocycles. The van der Waals surface area contributed by atoms with Crippen LogP contribution in [0, 0.1) is 0 Å². The molecule has 4 rings (SSSR count). The summed E-state index contributed by atoms with van der Waals surface area (Å²) in [6, 6.07) is 14.2. The molecule has 0 spiro atoms. The number of rotatable bonds is 8. The van der Waals surface area contributed by atoms with Gasteiger partial charge in [0.05, 0.1) is 32.4 Å². The van der Waals surface area contributed by atoms with E-state index in [1.165, 1.54) is 0 Å². The first-order chi connectivity index (χ1) is 15.6. The number of nitrogens with zero attached hydrogens (tertiary/aromatic N) is 4. The lowest BCUT2D eigenvalue weighted by Crippen LogP contribution is -2.39. The maximum atomic E-state index is 5.58. The Balaban J connectivity index is 1.61. The third-order valence-electron chi connectivity index (χ3n) is 6.02. The number of hydrogen-bond donors (Lipinski definition) is 0. The van der Waals surface area contributed by atoms with Crippen LogP contribution in [0.2, 0.25) is 0 Å². The minimum atomic E-state index is 0.288. The Bertz CT molecular complexity index is 1060. The van der Waals surface area contributed by atoms with Gasteiger partial charge >= 0.3 is 0 Å². The number of benzene rings is 2. The van der Waals surface area contributed by atoms with E-state index in [-0.39, 0.29) is 6.10 Å². The van der Waals surface area contributed by atoms with Crippen molar-refractivity contribution in [1.82, 2.24) is 14.9 Å². The largest absolute Gasteiger partial charge is 0.493 e. The zero-order valence-electron chi connectivity index (χ0n) is 19.4. The van der Waals surface area contributed by atoms with Crippen molar-refractivity contribution in [2.24, 2.45) is 0 Å². The average molecular weight is 437 g/mol. The molecule has 0 saturated carbocycles. The van der Waals surface area contributed by atoms with Gasteiger partial charge in [0, 0.05) is 32.6 Å². The van der Waals surface area contributed by atoms with Crippen LogP contribution in [-0.4, -0.2) is 62.4 Å². The standard InChI is InChI=1S/C25H32N4O3/c1-28(15-18-11-12-22(31-3)23(14-18)32-4)25-20-9-5-6-10-21(20)26-24(27-25)17-29-13-7-8-19(16-29)30-2/h5-6,9-12,14,19H,7-8,13,15-17H2,1-4H3. The second-order valence-corrected chi connectivity index (χ2v) is 8.26. The van der Waals surface area contributed by atoms with Gasteiger partial charge in [-0.1, -0.05) is 18.2 Å². The Labute approximate surface area is 189 Å². The highest BCUT2D eigenvalue weighted by atomic mass is 16.5. The molecule has 3 aromatic rings. The molecule has 32 heavy (non-hydrogen) atoms. The van der Waals surface area contributed by atoms with Crippen LogP contribution in [0.15, 0.2) is 42.5 Å². The summed E-state index contributed by atoms with van der Waals surface area (Å²) in [6.45, 7) is 3.38. The van der Waals surface area contributed by atoms with E-state index >= 15 is 0 Å². The van der Waals surface area contributed by atoms with Crippen molar-refractivity contribution >= 4 is 16.7 Å². The minimum Gasteiger partial charge on any atom is -0.493 e. The normalized spacial score (nSPS) is 16.8. The Kier molecular flexibility index (Phi) is 7.07. The lowest BCUT2D eigenvalue weighted by atomic mass is 10.1. The number of fused-ring (bicyclic) bond motifs is 1. The van der Waals surface area contributed by atoms with Gasteiger partial charge in [-0.05, 0) is 49.2 Å². The fraction of sp³-hybridized carbons (Fsp3) is 0.440. The number of hydrogen-bond acceptors (Lipinski definition) is 7. The second-order valence-electron chi connectivity index (χ2n) is 8.26. The van der Waals surface area contributed by atoms with Gasteiger partial charge in [0.2, 0.25) is 0 Å². The fourth-order valence-corrected chi connectivity index (χ4v) is 4.35. The van der Waals surface area contributed by atoms with Crippen LogP contribution in [0.4, 0.5) is 5.82 Å². The maximum Gasteiger partial charge on any atom is 0.161 e. The van der Waals surface area contributed by atoms with Crippen LogP contribution in [0.3, 0.4) is 0 Å². The molecule has 1 aromatic heterocycles. The van der Waals surface area contributed by atoms with Crippen molar-refractivity contribution in [2.45, 2.75) is 32.0 Å². The Morgan fingerprint density at radius 2 is 1.84 bits per heavy atom. The zero-order chi connectivity index (χ0) is 22.5. The summed E-state index contributed by atoms with van der Waals surface area (Å²) in [4.78, 5) is 14.4. The molecular formula is C25H32N4O3. The molecular weight excluding hydrogens is 404 g/mol. The van der Waals surface area contributed by atoms with E-state index in [0.29, 0.717) is 6.54 Å². The first kappa shape index (κ1) is 22.3. The van der Waals surface area contributed by atoms with E-state index in [1.54, 1.807) is 21.3 Å². The number of anilines is 1. The molecule has 0 radical (unpaired) electrons. The highest BCUT2D eigenvalue weighted by Crippen LogP contribution is 2.30. The summed E-state index contributed by atoms with van der Waals surface area (Å²) < 4.78 is 16.4. The van der Waals surface area contributed by atoms with Crippen LogP contribution >= 0.6 is 0 Å². The molecule has 1 fully saturated rings. The Hall–Kier alpha value is -2.90. The number of aromatic nitrogens is 2. The molecule has 1 aliphatic heterocycles. The van der Waals surface area contributed by atoms with Gasteiger partial charge in [0.15, 0.2) is 11.5 Å². The zero-order valence-corrected chi connectivity index (χ0v) is 19.4. The monoisotopic (exact) mass is 436 g/mol. The molecule has 1 unspecified atom stereocenters. The average Bonchev–Trinajstić information content (AvgIpc) is 2.83. The van der Waals surface area contributed by atoms with Gasteiger partial charge in [-0.25, -0.2) is 9.97 Å². The summed E-state index contributed by atoms with van der Waals surface area (Å²) in [5.41, 5.74) is 2.08. The SMILES string of the molecule is COc1ccc(CN(C)c2nc(CN3CCCC(OC)C3)nc3ccccc23)cc1OC. The third kappa shape index (κ3) is 4.95. The molecule has 1 aliphatic rings. The summed E-state index contributed by atoms with van der Waals surface area (Å²) in [6.07, 6.45) is 2.54. The number of methoxy groups -OCH3 is 3. The Morgan fingerprint density at radius 3 is 2.62 bits per heavy atom. The lowest BCUT2D eigenvalue weighted by molar-refractivity contribution is 0.0277. The van der Waals surface area contributed by atoms with Gasteiger partial charge in [0.1, 0.15) is 11.6 Å². The van der Waals surface area contributed by atoms with Crippen LogP contribution in [0.5, 0.6) is 11.5 Å². The molecule has 0 amide bonds. The molecule has 7 heteroatoms. The van der Waals surface area contributed by atoms with Crippen molar-refractivity contribution in [1.29, 1.82) is 0 Å². The first-order valence-electron chi connectivity index (χ1n) is 11.0. The van der Waals surface area contributed by atoms with Crippen LogP contribution < -0.4 is 14.4 Å². The minimum absolute atomic E-state index is 0.288. The van der Waals surface area contributed by atoms with Crippen molar-refractivity contribution in [3.8, 4) is 11.5 Å². The van der Waals surface area contributed by atoms with Crippen molar-refractivity contribution in [3.05, 3.63) is 53.9 Å². The van der Waals surface area contributed by atoms with Gasteiger partial charge in [-0.3, -0.25) is 4.90 Å². The van der Waals surface area contributed by atoms with E-state index in [4.69, 9.17) is 24.2 Å². The van der Waals surface area contributed by atoms with Gasteiger partial charge in [0.25, 0.3) is 0 Å². The molecule has 170 valence electrons. The van der Waals surface area contributed by atoms with E-state index in [9.17, 15) is 0 Å². The van der Waals surface area contributed by atoms with E-state index < -0.39 is 0 Å². The molecule has 0 aliphatic carbocycles. The smallest absolute Gasteiger partial charge is 0.161 e. The van der Waals surface area contributed by atoms with E-state index in [1.807, 2.05) is 24.3 Å². The fourth-order valence-electron chi connectivity index (χ4n) is 4.35. The highest BCUT2D eigenvalue weighted by Gasteiger charge is 2.21. The first-order valence-corrected chi connectivity index (χ1v) is 11.0.